The number of amides is 2. The van der Waals surface area contributed by atoms with Crippen molar-refractivity contribution in [2.75, 3.05) is 19.6 Å². The second kappa shape index (κ2) is 8.75. The van der Waals surface area contributed by atoms with Crippen LogP contribution in [0.1, 0.15) is 34.6 Å². The molecule has 1 saturated heterocycles. The van der Waals surface area contributed by atoms with E-state index in [1.165, 1.54) is 0 Å². The van der Waals surface area contributed by atoms with Crippen LogP contribution in [0.2, 0.25) is 0 Å². The van der Waals surface area contributed by atoms with Gasteiger partial charge in [0, 0.05) is 24.7 Å². The van der Waals surface area contributed by atoms with E-state index >= 15 is 0 Å². The van der Waals surface area contributed by atoms with E-state index in [0.717, 1.165) is 0 Å². The molecule has 0 spiro atoms. The van der Waals surface area contributed by atoms with Crippen LogP contribution in [0.3, 0.4) is 0 Å². The molecule has 0 unspecified atom stereocenters. The molecule has 29 heavy (non-hydrogen) atoms. The molecule has 10 heteroatoms. The van der Waals surface area contributed by atoms with Gasteiger partial charge in [-0.15, -0.1) is 0 Å². The Kier molecular flexibility index (Phi) is 6.33. The summed E-state index contributed by atoms with van der Waals surface area (Å²) in [5.74, 6) is -0.482. The number of likely N-dealkylation sites (tertiary alicyclic amines) is 1. The number of carbonyl (C=O) groups is 2. The molecule has 0 saturated carbocycles. The molecule has 0 atom stereocenters. The van der Waals surface area contributed by atoms with Gasteiger partial charge in [-0.25, -0.2) is 13.1 Å². The van der Waals surface area contributed by atoms with Gasteiger partial charge < -0.3 is 10.2 Å². The summed E-state index contributed by atoms with van der Waals surface area (Å²) in [4.78, 5) is 26.2. The van der Waals surface area contributed by atoms with E-state index in [4.69, 9.17) is 0 Å². The summed E-state index contributed by atoms with van der Waals surface area (Å²) in [5.41, 5.74) is 1.42. The molecule has 1 aromatic heterocycles. The number of nitrogens with one attached hydrogen (secondary N) is 3. The normalized spacial score (nSPS) is 15.3. The van der Waals surface area contributed by atoms with Crippen LogP contribution in [0.25, 0.3) is 0 Å². The molecule has 156 valence electrons. The Morgan fingerprint density at radius 1 is 1.17 bits per heavy atom. The Balaban J connectivity index is 1.49. The summed E-state index contributed by atoms with van der Waals surface area (Å²) in [5, 5.41) is 9.24. The first-order chi connectivity index (χ1) is 13.8. The van der Waals surface area contributed by atoms with Crippen LogP contribution >= 0.6 is 0 Å². The lowest BCUT2D eigenvalue weighted by molar-refractivity contribution is -0.131. The number of carbonyl (C=O) groups excluding carboxylic acids is 2. The van der Waals surface area contributed by atoms with E-state index in [0.29, 0.717) is 42.9 Å². The minimum Gasteiger partial charge on any atom is -0.343 e. The van der Waals surface area contributed by atoms with Crippen molar-refractivity contribution in [2.24, 2.45) is 0 Å². The summed E-state index contributed by atoms with van der Waals surface area (Å²) in [6.07, 6.45) is 1.01. The van der Waals surface area contributed by atoms with Crippen molar-refractivity contribution in [3.8, 4) is 0 Å². The summed E-state index contributed by atoms with van der Waals surface area (Å²) < 4.78 is 28.0. The lowest BCUT2D eigenvalue weighted by atomic mass is 10.1. The zero-order valence-electron chi connectivity index (χ0n) is 16.4. The number of sulfonamides is 1. The predicted octanol–water partition coefficient (Wildman–Crippen LogP) is 0.726. The molecule has 1 fully saturated rings. The van der Waals surface area contributed by atoms with E-state index in [9.17, 15) is 18.0 Å². The number of piperidine rings is 1. The molecule has 0 radical (unpaired) electrons. The molecule has 2 heterocycles. The first kappa shape index (κ1) is 21.0. The zero-order valence-corrected chi connectivity index (χ0v) is 17.3. The minimum atomic E-state index is -3.67. The third-order valence-electron chi connectivity index (χ3n) is 4.93. The minimum absolute atomic E-state index is 0.0858. The van der Waals surface area contributed by atoms with E-state index in [1.807, 2.05) is 6.07 Å². The molecule has 2 aromatic rings. The SMILES string of the molecule is Cc1n[nH]c(C)c1S(=O)(=O)NC1CCN(C(=O)CNC(=O)c2ccccc2)CC1. The van der Waals surface area contributed by atoms with Crippen LogP contribution < -0.4 is 10.0 Å². The molecule has 0 bridgehead atoms. The maximum atomic E-state index is 12.6. The lowest BCUT2D eigenvalue weighted by Crippen LogP contribution is -2.49. The smallest absolute Gasteiger partial charge is 0.251 e. The van der Waals surface area contributed by atoms with E-state index in [-0.39, 0.29) is 29.3 Å². The molecule has 1 aliphatic rings. The highest BCUT2D eigenvalue weighted by Crippen LogP contribution is 2.19. The standard InChI is InChI=1S/C19H25N5O4S/c1-13-18(14(2)22-21-13)29(27,28)23-16-8-10-24(11-9-16)17(25)12-20-19(26)15-6-4-3-5-7-15/h3-7,16,23H,8-12H2,1-2H3,(H,20,26)(H,21,22). The van der Waals surface area contributed by atoms with Gasteiger partial charge in [0.25, 0.3) is 5.91 Å². The topological polar surface area (TPSA) is 124 Å². The summed E-state index contributed by atoms with van der Waals surface area (Å²) in [6, 6.07) is 8.44. The third-order valence-corrected chi connectivity index (χ3v) is 6.72. The molecule has 2 amide bonds. The Bertz CT molecular complexity index is 960. The predicted molar refractivity (Wildman–Crippen MR) is 107 cm³/mol. The van der Waals surface area contributed by atoms with Gasteiger partial charge in [-0.2, -0.15) is 5.10 Å². The fraction of sp³-hybridized carbons (Fsp3) is 0.421. The number of nitrogens with zero attached hydrogens (tertiary/aromatic N) is 2. The Hall–Kier alpha value is -2.72. The molecule has 3 N–H and O–H groups in total. The van der Waals surface area contributed by atoms with Crippen LogP contribution in [0.15, 0.2) is 35.2 Å². The van der Waals surface area contributed by atoms with Gasteiger partial charge in [-0.05, 0) is 38.8 Å². The molecule has 1 aromatic carbocycles. The van der Waals surface area contributed by atoms with Crippen LogP contribution in [-0.2, 0) is 14.8 Å². The molecule has 0 aliphatic carbocycles. The molecule has 3 rings (SSSR count). The number of rotatable bonds is 6. The van der Waals surface area contributed by atoms with E-state index < -0.39 is 10.0 Å². The van der Waals surface area contributed by atoms with Gasteiger partial charge in [-0.3, -0.25) is 14.7 Å². The number of H-pyrrole nitrogens is 1. The molecule has 1 aliphatic heterocycles. The van der Waals surface area contributed by atoms with Crippen LogP contribution in [0.4, 0.5) is 0 Å². The summed E-state index contributed by atoms with van der Waals surface area (Å²) >= 11 is 0. The van der Waals surface area contributed by atoms with Crippen molar-refractivity contribution in [1.82, 2.24) is 25.1 Å². The van der Waals surface area contributed by atoms with Crippen LogP contribution in [-0.4, -0.2) is 61.0 Å². The second-order valence-electron chi connectivity index (χ2n) is 7.09. The highest BCUT2D eigenvalue weighted by molar-refractivity contribution is 7.89. The third kappa shape index (κ3) is 5.01. The van der Waals surface area contributed by atoms with Crippen molar-refractivity contribution in [1.29, 1.82) is 0 Å². The van der Waals surface area contributed by atoms with Gasteiger partial charge in [0.05, 0.1) is 17.9 Å². The van der Waals surface area contributed by atoms with Crippen molar-refractivity contribution in [3.05, 3.63) is 47.3 Å². The molecular weight excluding hydrogens is 394 g/mol. The monoisotopic (exact) mass is 419 g/mol. The largest absolute Gasteiger partial charge is 0.343 e. The number of aryl methyl sites for hydroxylation is 2. The van der Waals surface area contributed by atoms with Crippen LogP contribution in [0, 0.1) is 13.8 Å². The van der Waals surface area contributed by atoms with Gasteiger partial charge in [0.15, 0.2) is 0 Å². The average Bonchev–Trinajstić information content (AvgIpc) is 3.05. The number of benzene rings is 1. The van der Waals surface area contributed by atoms with Gasteiger partial charge >= 0.3 is 0 Å². The fourth-order valence-electron chi connectivity index (χ4n) is 3.42. The first-order valence-electron chi connectivity index (χ1n) is 9.43. The van der Waals surface area contributed by atoms with Crippen molar-refractivity contribution in [2.45, 2.75) is 37.6 Å². The van der Waals surface area contributed by atoms with Crippen molar-refractivity contribution >= 4 is 21.8 Å². The Morgan fingerprint density at radius 3 is 2.41 bits per heavy atom. The number of aromatic nitrogens is 2. The zero-order chi connectivity index (χ0) is 21.0. The van der Waals surface area contributed by atoms with Crippen molar-refractivity contribution < 1.29 is 18.0 Å². The van der Waals surface area contributed by atoms with E-state index in [1.54, 1.807) is 43.0 Å². The Morgan fingerprint density at radius 2 is 1.83 bits per heavy atom. The first-order valence-corrected chi connectivity index (χ1v) is 10.9. The quantitative estimate of drug-likeness (QED) is 0.637. The maximum Gasteiger partial charge on any atom is 0.251 e. The summed E-state index contributed by atoms with van der Waals surface area (Å²) in [6.45, 7) is 4.08. The van der Waals surface area contributed by atoms with Gasteiger partial charge in [0.1, 0.15) is 4.90 Å². The number of hydrogen-bond donors (Lipinski definition) is 3. The number of hydrogen-bond acceptors (Lipinski definition) is 5. The van der Waals surface area contributed by atoms with Gasteiger partial charge in [0.2, 0.25) is 15.9 Å². The second-order valence-corrected chi connectivity index (χ2v) is 8.74. The highest BCUT2D eigenvalue weighted by Gasteiger charge is 2.29. The highest BCUT2D eigenvalue weighted by atomic mass is 32.2. The number of aromatic amines is 1. The van der Waals surface area contributed by atoms with Crippen LogP contribution in [0.5, 0.6) is 0 Å². The molecular formula is C19H25N5O4S. The van der Waals surface area contributed by atoms with E-state index in [2.05, 4.69) is 20.2 Å². The van der Waals surface area contributed by atoms with Gasteiger partial charge in [-0.1, -0.05) is 18.2 Å². The Labute approximate surface area is 169 Å². The average molecular weight is 420 g/mol. The molecule has 9 nitrogen and oxygen atoms in total. The fourth-order valence-corrected chi connectivity index (χ4v) is 5.10. The lowest BCUT2D eigenvalue weighted by Gasteiger charge is -2.32. The summed E-state index contributed by atoms with van der Waals surface area (Å²) in [7, 11) is -3.67. The maximum absolute atomic E-state index is 12.6. The van der Waals surface area contributed by atoms with Crippen molar-refractivity contribution in [3.63, 3.8) is 0 Å².